The van der Waals surface area contributed by atoms with Crippen LogP contribution >= 0.6 is 0 Å². The van der Waals surface area contributed by atoms with Crippen molar-refractivity contribution in [3.8, 4) is 11.5 Å². The summed E-state index contributed by atoms with van der Waals surface area (Å²) in [6.07, 6.45) is 2.35. The molecule has 162 valence electrons. The summed E-state index contributed by atoms with van der Waals surface area (Å²) in [7, 11) is 2.92. The molecular weight excluding hydrogens is 382 g/mol. The van der Waals surface area contributed by atoms with Crippen molar-refractivity contribution in [2.24, 2.45) is 5.92 Å². The first-order valence-corrected chi connectivity index (χ1v) is 10.5. The number of likely N-dealkylation sites (tertiary alicyclic amines) is 1. The van der Waals surface area contributed by atoms with Gasteiger partial charge in [-0.25, -0.2) is 0 Å². The maximum absolute atomic E-state index is 12.6. The van der Waals surface area contributed by atoms with E-state index in [1.807, 2.05) is 30.3 Å². The number of esters is 1. The number of aliphatic hydroxyl groups excluding tert-OH is 1. The van der Waals surface area contributed by atoms with Gasteiger partial charge >= 0.3 is 5.97 Å². The molecule has 0 aromatic heterocycles. The Balaban J connectivity index is 1.85. The van der Waals surface area contributed by atoms with Gasteiger partial charge in [0.05, 0.1) is 26.2 Å². The van der Waals surface area contributed by atoms with Crippen LogP contribution in [0.1, 0.15) is 36.5 Å². The summed E-state index contributed by atoms with van der Waals surface area (Å²) in [4.78, 5) is 14.8. The van der Waals surface area contributed by atoms with Crippen molar-refractivity contribution in [1.82, 2.24) is 4.90 Å². The topological polar surface area (TPSA) is 68.2 Å². The molecule has 1 saturated heterocycles. The van der Waals surface area contributed by atoms with Crippen LogP contribution in [-0.4, -0.2) is 49.8 Å². The van der Waals surface area contributed by atoms with E-state index < -0.39 is 18.0 Å². The van der Waals surface area contributed by atoms with Crippen LogP contribution in [0, 0.1) is 5.92 Å². The van der Waals surface area contributed by atoms with Crippen LogP contribution in [0.5, 0.6) is 11.5 Å². The fourth-order valence-electron chi connectivity index (χ4n) is 3.90. The van der Waals surface area contributed by atoms with Crippen LogP contribution in [0.2, 0.25) is 0 Å². The highest BCUT2D eigenvalue weighted by Crippen LogP contribution is 2.38. The number of nitrogens with zero attached hydrogens (tertiary/aromatic N) is 1. The maximum atomic E-state index is 12.6. The van der Waals surface area contributed by atoms with Gasteiger partial charge in [-0.3, -0.25) is 4.79 Å². The first kappa shape index (κ1) is 22.1. The summed E-state index contributed by atoms with van der Waals surface area (Å²) in [6.45, 7) is 2.63. The molecule has 0 bridgehead atoms. The molecule has 0 amide bonds. The number of aliphatic hydroxyl groups is 1. The summed E-state index contributed by atoms with van der Waals surface area (Å²) < 4.78 is 16.6. The van der Waals surface area contributed by atoms with Crippen molar-refractivity contribution in [3.05, 3.63) is 59.7 Å². The van der Waals surface area contributed by atoms with E-state index in [4.69, 9.17) is 14.2 Å². The van der Waals surface area contributed by atoms with Gasteiger partial charge < -0.3 is 24.2 Å². The number of carbonyl (C=O) groups excluding carboxylic acids is 1. The highest BCUT2D eigenvalue weighted by molar-refractivity contribution is 5.74. The predicted molar refractivity (Wildman–Crippen MR) is 115 cm³/mol. The fourth-order valence-corrected chi connectivity index (χ4v) is 3.90. The second kappa shape index (κ2) is 11.0. The fraction of sp³-hybridized carbons (Fsp3) is 0.458. The molecule has 1 fully saturated rings. The monoisotopic (exact) mass is 413 g/mol. The molecule has 0 spiro atoms. The average Bonchev–Trinajstić information content (AvgIpc) is 2.81. The molecule has 1 heterocycles. The van der Waals surface area contributed by atoms with E-state index in [1.54, 1.807) is 25.3 Å². The number of para-hydroxylation sites is 1. The summed E-state index contributed by atoms with van der Waals surface area (Å²) in [5.41, 5.74) is 1.53. The lowest BCUT2D eigenvalue weighted by atomic mass is 9.93. The quantitative estimate of drug-likeness (QED) is 0.634. The first-order chi connectivity index (χ1) is 14.6. The Hall–Kier alpha value is -2.57. The zero-order valence-electron chi connectivity index (χ0n) is 17.8. The average molecular weight is 414 g/mol. The molecule has 0 aliphatic carbocycles. The molecule has 6 nitrogen and oxygen atoms in total. The minimum absolute atomic E-state index is 0.329. The lowest BCUT2D eigenvalue weighted by Gasteiger charge is -2.32. The van der Waals surface area contributed by atoms with Crippen LogP contribution in [0.4, 0.5) is 0 Å². The number of rotatable bonds is 9. The number of carbonyl (C=O) groups is 1. The Morgan fingerprint density at radius 3 is 2.43 bits per heavy atom. The smallest absolute Gasteiger partial charge is 0.312 e. The van der Waals surface area contributed by atoms with Gasteiger partial charge in [-0.05, 0) is 37.6 Å². The van der Waals surface area contributed by atoms with Gasteiger partial charge in [0.15, 0.2) is 11.5 Å². The first-order valence-electron chi connectivity index (χ1n) is 10.5. The van der Waals surface area contributed by atoms with E-state index in [1.165, 1.54) is 13.5 Å². The van der Waals surface area contributed by atoms with Crippen LogP contribution in [0.3, 0.4) is 0 Å². The highest BCUT2D eigenvalue weighted by Gasteiger charge is 2.34. The SMILES string of the molecule is COC(=O)C(CN1CCCCC1)C(O)c1cccc(OC)c1OCc1ccccc1. The third-order valence-corrected chi connectivity index (χ3v) is 5.56. The van der Waals surface area contributed by atoms with Crippen LogP contribution in [0.25, 0.3) is 0 Å². The molecule has 2 unspecified atom stereocenters. The van der Waals surface area contributed by atoms with Crippen molar-refractivity contribution >= 4 is 5.97 Å². The Bertz CT molecular complexity index is 804. The third-order valence-electron chi connectivity index (χ3n) is 5.56. The lowest BCUT2D eigenvalue weighted by molar-refractivity contribution is -0.150. The second-order valence-electron chi connectivity index (χ2n) is 7.59. The van der Waals surface area contributed by atoms with Gasteiger partial charge in [-0.15, -0.1) is 0 Å². The molecule has 2 atom stereocenters. The number of piperidine rings is 1. The van der Waals surface area contributed by atoms with Crippen molar-refractivity contribution in [3.63, 3.8) is 0 Å². The van der Waals surface area contributed by atoms with Gasteiger partial charge in [0.1, 0.15) is 6.61 Å². The van der Waals surface area contributed by atoms with Gasteiger partial charge in [0, 0.05) is 12.1 Å². The normalized spacial score (nSPS) is 16.5. The Morgan fingerprint density at radius 2 is 1.77 bits per heavy atom. The lowest BCUT2D eigenvalue weighted by Crippen LogP contribution is -2.39. The molecule has 1 N–H and O–H groups in total. The van der Waals surface area contributed by atoms with Crippen molar-refractivity contribution in [2.45, 2.75) is 32.0 Å². The second-order valence-corrected chi connectivity index (χ2v) is 7.59. The molecular formula is C24H31NO5. The summed E-state index contributed by atoms with van der Waals surface area (Å²) in [6, 6.07) is 15.1. The minimum Gasteiger partial charge on any atom is -0.493 e. The van der Waals surface area contributed by atoms with Gasteiger partial charge in [-0.2, -0.15) is 0 Å². The maximum Gasteiger partial charge on any atom is 0.312 e. The van der Waals surface area contributed by atoms with Gasteiger partial charge in [0.2, 0.25) is 0 Å². The number of hydrogen-bond donors (Lipinski definition) is 1. The third kappa shape index (κ3) is 5.52. The molecule has 30 heavy (non-hydrogen) atoms. The molecule has 0 saturated carbocycles. The summed E-state index contributed by atoms with van der Waals surface area (Å²) in [5, 5.41) is 11.2. The molecule has 2 aromatic rings. The van der Waals surface area contributed by atoms with Crippen molar-refractivity contribution in [1.29, 1.82) is 0 Å². The predicted octanol–water partition coefficient (Wildman–Crippen LogP) is 3.58. The van der Waals surface area contributed by atoms with E-state index in [-0.39, 0.29) is 0 Å². The van der Waals surface area contributed by atoms with E-state index in [0.717, 1.165) is 31.5 Å². The Kier molecular flexibility index (Phi) is 8.11. The zero-order chi connectivity index (χ0) is 21.3. The molecule has 0 radical (unpaired) electrons. The number of hydrogen-bond acceptors (Lipinski definition) is 6. The molecule has 1 aliphatic heterocycles. The van der Waals surface area contributed by atoms with E-state index >= 15 is 0 Å². The van der Waals surface area contributed by atoms with Crippen molar-refractivity contribution in [2.75, 3.05) is 33.9 Å². The number of methoxy groups -OCH3 is 2. The zero-order valence-corrected chi connectivity index (χ0v) is 17.8. The molecule has 3 rings (SSSR count). The summed E-state index contributed by atoms with van der Waals surface area (Å²) >= 11 is 0. The Morgan fingerprint density at radius 1 is 1.03 bits per heavy atom. The van der Waals surface area contributed by atoms with E-state index in [2.05, 4.69) is 4.90 Å². The highest BCUT2D eigenvalue weighted by atomic mass is 16.5. The van der Waals surface area contributed by atoms with Gasteiger partial charge in [-0.1, -0.05) is 48.9 Å². The molecule has 2 aromatic carbocycles. The number of benzene rings is 2. The van der Waals surface area contributed by atoms with Gasteiger partial charge in [0.25, 0.3) is 0 Å². The largest absolute Gasteiger partial charge is 0.493 e. The molecule has 1 aliphatic rings. The Labute approximate surface area is 178 Å². The van der Waals surface area contributed by atoms with Crippen LogP contribution in [0.15, 0.2) is 48.5 Å². The minimum atomic E-state index is -1.07. The van der Waals surface area contributed by atoms with Crippen molar-refractivity contribution < 1.29 is 24.1 Å². The number of ether oxygens (including phenoxy) is 3. The van der Waals surface area contributed by atoms with E-state index in [0.29, 0.717) is 30.2 Å². The molecule has 6 heteroatoms. The van der Waals surface area contributed by atoms with E-state index in [9.17, 15) is 9.90 Å². The van der Waals surface area contributed by atoms with Crippen LogP contribution in [-0.2, 0) is 16.1 Å². The standard InChI is InChI=1S/C24H31NO5/c1-28-21-13-9-12-19(23(21)30-17-18-10-5-3-6-11-18)22(26)20(24(27)29-2)16-25-14-7-4-8-15-25/h3,5-6,9-13,20,22,26H,4,7-8,14-17H2,1-2H3. The summed E-state index contributed by atoms with van der Waals surface area (Å²) in [5.74, 6) is -0.169. The van der Waals surface area contributed by atoms with Crippen LogP contribution < -0.4 is 9.47 Å².